The Hall–Kier alpha value is -2.09. The molecule has 2 aromatic carbocycles. The van der Waals surface area contributed by atoms with E-state index in [-0.39, 0.29) is 11.4 Å². The van der Waals surface area contributed by atoms with E-state index >= 15 is 0 Å². The Balaban J connectivity index is 2.23. The van der Waals surface area contributed by atoms with Crippen molar-refractivity contribution < 1.29 is 9.53 Å². The monoisotopic (exact) mass is 268 g/mol. The molecule has 2 heteroatoms. The maximum absolute atomic E-state index is 11.3. The van der Waals surface area contributed by atoms with Crippen molar-refractivity contribution in [2.24, 2.45) is 0 Å². The summed E-state index contributed by atoms with van der Waals surface area (Å²) in [6.45, 7) is 6.17. The molecule has 0 aliphatic heterocycles. The second kappa shape index (κ2) is 5.91. The van der Waals surface area contributed by atoms with Crippen molar-refractivity contribution in [1.82, 2.24) is 0 Å². The van der Waals surface area contributed by atoms with Gasteiger partial charge >= 0.3 is 5.97 Å². The molecule has 2 aromatic rings. The molecule has 0 heterocycles. The zero-order chi connectivity index (χ0) is 14.6. The predicted octanol–water partition coefficient (Wildman–Crippen LogP) is 4.33. The van der Waals surface area contributed by atoms with Crippen molar-refractivity contribution >= 4 is 5.97 Å². The van der Waals surface area contributed by atoms with Crippen LogP contribution in [0, 0.1) is 0 Å². The molecule has 0 saturated carbocycles. The quantitative estimate of drug-likeness (QED) is 0.609. The van der Waals surface area contributed by atoms with E-state index in [0.29, 0.717) is 12.2 Å². The zero-order valence-electron chi connectivity index (χ0n) is 12.2. The third kappa shape index (κ3) is 3.08. The molecule has 0 aromatic heterocycles. The number of carbonyl (C=O) groups excluding carboxylic acids is 1. The highest BCUT2D eigenvalue weighted by Gasteiger charge is 2.22. The van der Waals surface area contributed by atoms with Crippen molar-refractivity contribution in [3.05, 3.63) is 65.7 Å². The first-order valence-electron chi connectivity index (χ1n) is 6.91. The lowest BCUT2D eigenvalue weighted by molar-refractivity contribution is -0.134. The molecule has 0 fully saturated rings. The lowest BCUT2D eigenvalue weighted by Crippen LogP contribution is -2.18. The highest BCUT2D eigenvalue weighted by atomic mass is 16.5. The first kappa shape index (κ1) is 14.3. The minimum atomic E-state index is -0.208. The summed E-state index contributed by atoms with van der Waals surface area (Å²) in [6, 6.07) is 18.1. The highest BCUT2D eigenvalue weighted by molar-refractivity contribution is 5.71. The van der Waals surface area contributed by atoms with Gasteiger partial charge in [-0.2, -0.15) is 0 Å². The van der Waals surface area contributed by atoms with Crippen LogP contribution in [0.4, 0.5) is 0 Å². The number of esters is 1. The van der Waals surface area contributed by atoms with Crippen LogP contribution in [0.1, 0.15) is 38.3 Å². The SMILES string of the molecule is CCC(=O)Oc1ccc(C(C)(C)c2ccccc2)cc1. The Morgan fingerprint density at radius 3 is 2.05 bits per heavy atom. The summed E-state index contributed by atoms with van der Waals surface area (Å²) in [5, 5.41) is 0. The Kier molecular flexibility index (Phi) is 4.23. The van der Waals surface area contributed by atoms with Gasteiger partial charge in [0.05, 0.1) is 0 Å². The molecule has 0 saturated heterocycles. The average Bonchev–Trinajstić information content (AvgIpc) is 2.48. The highest BCUT2D eigenvalue weighted by Crippen LogP contribution is 2.32. The maximum atomic E-state index is 11.3. The van der Waals surface area contributed by atoms with Gasteiger partial charge in [-0.25, -0.2) is 0 Å². The van der Waals surface area contributed by atoms with E-state index in [4.69, 9.17) is 4.74 Å². The average molecular weight is 268 g/mol. The van der Waals surface area contributed by atoms with E-state index in [9.17, 15) is 4.79 Å². The van der Waals surface area contributed by atoms with E-state index in [1.54, 1.807) is 6.92 Å². The molecule has 104 valence electrons. The zero-order valence-corrected chi connectivity index (χ0v) is 12.2. The van der Waals surface area contributed by atoms with Crippen molar-refractivity contribution in [3.8, 4) is 5.75 Å². The second-order valence-corrected chi connectivity index (χ2v) is 5.34. The smallest absolute Gasteiger partial charge is 0.310 e. The van der Waals surface area contributed by atoms with Gasteiger partial charge < -0.3 is 4.74 Å². The molecule has 0 atom stereocenters. The lowest BCUT2D eigenvalue weighted by Gasteiger charge is -2.26. The van der Waals surface area contributed by atoms with E-state index in [1.807, 2.05) is 30.3 Å². The number of carbonyl (C=O) groups is 1. The second-order valence-electron chi connectivity index (χ2n) is 5.34. The Bertz CT molecular complexity index is 568. The summed E-state index contributed by atoms with van der Waals surface area (Å²) in [4.78, 5) is 11.3. The van der Waals surface area contributed by atoms with Gasteiger partial charge in [0, 0.05) is 11.8 Å². The van der Waals surface area contributed by atoms with Gasteiger partial charge in [0.2, 0.25) is 0 Å². The summed E-state index contributed by atoms with van der Waals surface area (Å²) in [5.74, 6) is 0.393. The Labute approximate surface area is 120 Å². The fourth-order valence-corrected chi connectivity index (χ4v) is 2.16. The molecule has 0 amide bonds. The topological polar surface area (TPSA) is 26.3 Å². The van der Waals surface area contributed by atoms with Crippen LogP contribution in [0.5, 0.6) is 5.75 Å². The fraction of sp³-hybridized carbons (Fsp3) is 0.278. The van der Waals surface area contributed by atoms with Crippen molar-refractivity contribution in [2.45, 2.75) is 32.6 Å². The Morgan fingerprint density at radius 1 is 0.950 bits per heavy atom. The van der Waals surface area contributed by atoms with E-state index in [1.165, 1.54) is 11.1 Å². The third-order valence-corrected chi connectivity index (χ3v) is 3.59. The van der Waals surface area contributed by atoms with Crippen molar-refractivity contribution in [1.29, 1.82) is 0 Å². The first-order chi connectivity index (χ1) is 9.54. The molecule has 0 N–H and O–H groups in total. The van der Waals surface area contributed by atoms with Crippen LogP contribution in [0.3, 0.4) is 0 Å². The number of rotatable bonds is 4. The lowest BCUT2D eigenvalue weighted by atomic mass is 9.78. The molecule has 0 radical (unpaired) electrons. The largest absolute Gasteiger partial charge is 0.427 e. The van der Waals surface area contributed by atoms with Crippen LogP contribution < -0.4 is 4.74 Å². The normalized spacial score (nSPS) is 11.2. The predicted molar refractivity (Wildman–Crippen MR) is 80.9 cm³/mol. The maximum Gasteiger partial charge on any atom is 0.310 e. The van der Waals surface area contributed by atoms with Gasteiger partial charge in [-0.1, -0.05) is 63.2 Å². The summed E-state index contributed by atoms with van der Waals surface area (Å²) in [5.41, 5.74) is 2.38. The minimum absolute atomic E-state index is 0.0748. The molecular formula is C18H20O2. The summed E-state index contributed by atoms with van der Waals surface area (Å²) in [7, 11) is 0. The molecule has 20 heavy (non-hydrogen) atoms. The van der Waals surface area contributed by atoms with Gasteiger partial charge in [-0.15, -0.1) is 0 Å². The van der Waals surface area contributed by atoms with Gasteiger partial charge in [0.1, 0.15) is 5.75 Å². The van der Waals surface area contributed by atoms with Crippen molar-refractivity contribution in [2.75, 3.05) is 0 Å². The molecule has 0 unspecified atom stereocenters. The molecule has 0 bridgehead atoms. The van der Waals surface area contributed by atoms with Crippen LogP contribution in [-0.2, 0) is 10.2 Å². The molecule has 0 aliphatic carbocycles. The van der Waals surface area contributed by atoms with Crippen molar-refractivity contribution in [3.63, 3.8) is 0 Å². The van der Waals surface area contributed by atoms with Gasteiger partial charge in [0.15, 0.2) is 0 Å². The van der Waals surface area contributed by atoms with E-state index in [2.05, 4.69) is 38.1 Å². The summed E-state index contributed by atoms with van der Waals surface area (Å²) < 4.78 is 5.20. The molecular weight excluding hydrogens is 248 g/mol. The summed E-state index contributed by atoms with van der Waals surface area (Å²) in [6.07, 6.45) is 0.386. The molecule has 2 nitrogen and oxygen atoms in total. The van der Waals surface area contributed by atoms with Crippen LogP contribution in [-0.4, -0.2) is 5.97 Å². The standard InChI is InChI=1S/C18H20O2/c1-4-17(19)20-16-12-10-15(11-13-16)18(2,3)14-8-6-5-7-9-14/h5-13H,4H2,1-3H3. The first-order valence-corrected chi connectivity index (χ1v) is 6.91. The van der Waals surface area contributed by atoms with Crippen LogP contribution >= 0.6 is 0 Å². The number of benzene rings is 2. The molecule has 0 aliphatic rings. The third-order valence-electron chi connectivity index (χ3n) is 3.59. The van der Waals surface area contributed by atoms with E-state index in [0.717, 1.165) is 0 Å². The number of hydrogen-bond acceptors (Lipinski definition) is 2. The van der Waals surface area contributed by atoms with Gasteiger partial charge in [0.25, 0.3) is 0 Å². The van der Waals surface area contributed by atoms with Crippen LogP contribution in [0.15, 0.2) is 54.6 Å². The van der Waals surface area contributed by atoms with Gasteiger partial charge in [-0.3, -0.25) is 4.79 Å². The summed E-state index contributed by atoms with van der Waals surface area (Å²) >= 11 is 0. The number of hydrogen-bond donors (Lipinski definition) is 0. The minimum Gasteiger partial charge on any atom is -0.427 e. The fourth-order valence-electron chi connectivity index (χ4n) is 2.16. The van der Waals surface area contributed by atoms with Gasteiger partial charge in [-0.05, 0) is 23.3 Å². The van der Waals surface area contributed by atoms with Crippen LogP contribution in [0.2, 0.25) is 0 Å². The van der Waals surface area contributed by atoms with Crippen LogP contribution in [0.25, 0.3) is 0 Å². The number of ether oxygens (including phenoxy) is 1. The Morgan fingerprint density at radius 2 is 1.50 bits per heavy atom. The molecule has 2 rings (SSSR count). The molecule has 0 spiro atoms. The van der Waals surface area contributed by atoms with E-state index < -0.39 is 0 Å².